The van der Waals surface area contributed by atoms with E-state index in [0.717, 1.165) is 22.5 Å². The number of halogens is 2. The predicted octanol–water partition coefficient (Wildman–Crippen LogP) is 3.48. The normalized spacial score (nSPS) is 11.3. The van der Waals surface area contributed by atoms with Crippen LogP contribution >= 0.6 is 0 Å². The lowest BCUT2D eigenvalue weighted by molar-refractivity contribution is -0.384. The van der Waals surface area contributed by atoms with Gasteiger partial charge in [0.2, 0.25) is 0 Å². The number of anilines is 1. The highest BCUT2D eigenvalue weighted by Gasteiger charge is 2.26. The van der Waals surface area contributed by atoms with E-state index in [-0.39, 0.29) is 17.9 Å². The van der Waals surface area contributed by atoms with Gasteiger partial charge in [-0.2, -0.15) is 0 Å². The molecule has 0 spiro atoms. The third kappa shape index (κ3) is 3.51. The van der Waals surface area contributed by atoms with Gasteiger partial charge >= 0.3 is 0 Å². The molecule has 0 amide bonds. The first-order valence-corrected chi connectivity index (χ1v) is 8.43. The molecule has 9 heteroatoms. The molecule has 2 aromatic rings. The molecule has 0 aromatic heterocycles. The van der Waals surface area contributed by atoms with Crippen LogP contribution in [0.4, 0.5) is 20.2 Å². The van der Waals surface area contributed by atoms with E-state index >= 15 is 0 Å². The van der Waals surface area contributed by atoms with Gasteiger partial charge in [0.25, 0.3) is 15.7 Å². The molecular formula is C15H14F2N2O4S. The van der Waals surface area contributed by atoms with Gasteiger partial charge < -0.3 is 0 Å². The predicted molar refractivity (Wildman–Crippen MR) is 84.3 cm³/mol. The third-order valence-corrected chi connectivity index (χ3v) is 5.06. The molecule has 0 aliphatic rings. The van der Waals surface area contributed by atoms with E-state index in [1.165, 1.54) is 18.2 Å². The second-order valence-corrected chi connectivity index (χ2v) is 6.79. The minimum absolute atomic E-state index is 0.0303. The second kappa shape index (κ2) is 6.91. The molecule has 0 N–H and O–H groups in total. The van der Waals surface area contributed by atoms with Crippen molar-refractivity contribution in [2.24, 2.45) is 0 Å². The first-order chi connectivity index (χ1) is 11.3. The van der Waals surface area contributed by atoms with Crippen LogP contribution in [-0.2, 0) is 10.0 Å². The summed E-state index contributed by atoms with van der Waals surface area (Å²) in [5.74, 6) is -2.45. The first kappa shape index (κ1) is 17.8. The van der Waals surface area contributed by atoms with Gasteiger partial charge in [0.05, 0.1) is 15.5 Å². The van der Waals surface area contributed by atoms with Crippen LogP contribution in [0.3, 0.4) is 0 Å². The monoisotopic (exact) mass is 356 g/mol. The summed E-state index contributed by atoms with van der Waals surface area (Å²) in [6, 6.07) is 7.38. The fraction of sp³-hybridized carbons (Fsp3) is 0.200. The van der Waals surface area contributed by atoms with Crippen LogP contribution in [0.5, 0.6) is 0 Å². The Labute approximate surface area is 137 Å². The maximum Gasteiger partial charge on any atom is 0.271 e. The van der Waals surface area contributed by atoms with Crippen molar-refractivity contribution in [3.8, 4) is 0 Å². The van der Waals surface area contributed by atoms with Crippen molar-refractivity contribution >= 4 is 21.4 Å². The molecule has 0 bridgehead atoms. The minimum atomic E-state index is -4.19. The summed E-state index contributed by atoms with van der Waals surface area (Å²) in [7, 11) is -4.19. The van der Waals surface area contributed by atoms with E-state index in [1.54, 1.807) is 6.92 Å². The molecule has 0 heterocycles. The lowest BCUT2D eigenvalue weighted by atomic mass is 10.3. The van der Waals surface area contributed by atoms with Crippen LogP contribution in [0.1, 0.15) is 13.3 Å². The highest BCUT2D eigenvalue weighted by molar-refractivity contribution is 7.92. The lowest BCUT2D eigenvalue weighted by Crippen LogP contribution is -2.32. The number of benzene rings is 2. The number of nitro benzene ring substituents is 1. The zero-order valence-electron chi connectivity index (χ0n) is 12.6. The SMILES string of the molecule is CCCN(c1cccc([N+](=O)[O-])c1)S(=O)(=O)c1ccc(F)c(F)c1. The Hall–Kier alpha value is -2.55. The first-order valence-electron chi connectivity index (χ1n) is 6.99. The molecule has 2 aromatic carbocycles. The summed E-state index contributed by atoms with van der Waals surface area (Å²) in [5, 5.41) is 10.9. The van der Waals surface area contributed by atoms with Crippen LogP contribution in [0.2, 0.25) is 0 Å². The number of non-ortho nitro benzene ring substituents is 1. The summed E-state index contributed by atoms with van der Waals surface area (Å²) in [4.78, 5) is 9.81. The number of nitrogens with zero attached hydrogens (tertiary/aromatic N) is 2. The Morgan fingerprint density at radius 3 is 2.42 bits per heavy atom. The fourth-order valence-electron chi connectivity index (χ4n) is 2.12. The van der Waals surface area contributed by atoms with Crippen molar-refractivity contribution in [1.29, 1.82) is 0 Å². The molecule has 2 rings (SSSR count). The van der Waals surface area contributed by atoms with Gasteiger partial charge in [0.15, 0.2) is 11.6 Å². The van der Waals surface area contributed by atoms with Crippen LogP contribution in [-0.4, -0.2) is 19.9 Å². The maximum absolute atomic E-state index is 13.4. The van der Waals surface area contributed by atoms with Crippen LogP contribution in [0.25, 0.3) is 0 Å². The van der Waals surface area contributed by atoms with Gasteiger partial charge in [-0.25, -0.2) is 17.2 Å². The average Bonchev–Trinajstić information content (AvgIpc) is 2.55. The van der Waals surface area contributed by atoms with Crippen molar-refractivity contribution in [2.75, 3.05) is 10.8 Å². The average molecular weight is 356 g/mol. The molecule has 0 aliphatic carbocycles. The number of nitro groups is 1. The second-order valence-electron chi connectivity index (χ2n) is 4.93. The number of hydrogen-bond donors (Lipinski definition) is 0. The van der Waals surface area contributed by atoms with Gasteiger partial charge in [-0.05, 0) is 30.7 Å². The van der Waals surface area contributed by atoms with Crippen molar-refractivity contribution < 1.29 is 22.1 Å². The molecular weight excluding hydrogens is 342 g/mol. The summed E-state index contributed by atoms with van der Waals surface area (Å²) in [6.45, 7) is 1.76. The summed E-state index contributed by atoms with van der Waals surface area (Å²) < 4.78 is 52.8. The van der Waals surface area contributed by atoms with Gasteiger partial charge in [0.1, 0.15) is 0 Å². The standard InChI is InChI=1S/C15H14F2N2O4S/c1-2-8-18(11-4-3-5-12(9-11)19(20)21)24(22,23)13-6-7-14(16)15(17)10-13/h3-7,9-10H,2,8H2,1H3. The Balaban J connectivity index is 2.55. The Bertz CT molecular complexity index is 872. The van der Waals surface area contributed by atoms with Gasteiger partial charge in [-0.15, -0.1) is 0 Å². The van der Waals surface area contributed by atoms with Crippen molar-refractivity contribution in [1.82, 2.24) is 0 Å². The molecule has 0 saturated carbocycles. The molecule has 0 unspecified atom stereocenters. The molecule has 24 heavy (non-hydrogen) atoms. The Kier molecular flexibility index (Phi) is 5.13. The summed E-state index contributed by atoms with van der Waals surface area (Å²) >= 11 is 0. The number of sulfonamides is 1. The van der Waals surface area contributed by atoms with Crippen molar-refractivity contribution in [3.05, 3.63) is 64.2 Å². The molecule has 6 nitrogen and oxygen atoms in total. The number of hydrogen-bond acceptors (Lipinski definition) is 4. The van der Waals surface area contributed by atoms with Crippen molar-refractivity contribution in [2.45, 2.75) is 18.2 Å². The largest absolute Gasteiger partial charge is 0.271 e. The minimum Gasteiger partial charge on any atom is -0.266 e. The van der Waals surface area contributed by atoms with E-state index in [0.29, 0.717) is 12.5 Å². The highest BCUT2D eigenvalue weighted by Crippen LogP contribution is 2.27. The van der Waals surface area contributed by atoms with E-state index in [9.17, 15) is 27.3 Å². The van der Waals surface area contributed by atoms with E-state index in [4.69, 9.17) is 0 Å². The highest BCUT2D eigenvalue weighted by atomic mass is 32.2. The maximum atomic E-state index is 13.4. The van der Waals surface area contributed by atoms with Crippen LogP contribution in [0.15, 0.2) is 47.4 Å². The van der Waals surface area contributed by atoms with Gasteiger partial charge in [0, 0.05) is 18.7 Å². The van der Waals surface area contributed by atoms with Gasteiger partial charge in [-0.1, -0.05) is 13.0 Å². The zero-order chi connectivity index (χ0) is 17.9. The molecule has 0 aliphatic heterocycles. The Morgan fingerprint density at radius 1 is 1.12 bits per heavy atom. The molecule has 0 fully saturated rings. The smallest absolute Gasteiger partial charge is 0.266 e. The summed E-state index contributed by atoms with van der Waals surface area (Å²) in [5.41, 5.74) is -0.190. The third-order valence-electron chi connectivity index (χ3n) is 3.23. The quantitative estimate of drug-likeness (QED) is 0.586. The zero-order valence-corrected chi connectivity index (χ0v) is 13.5. The van der Waals surface area contributed by atoms with Crippen molar-refractivity contribution in [3.63, 3.8) is 0 Å². The Morgan fingerprint density at radius 2 is 1.83 bits per heavy atom. The number of rotatable bonds is 6. The van der Waals surface area contributed by atoms with E-state index < -0.39 is 31.5 Å². The summed E-state index contributed by atoms with van der Waals surface area (Å²) in [6.07, 6.45) is 0.422. The molecule has 0 atom stereocenters. The fourth-order valence-corrected chi connectivity index (χ4v) is 3.68. The van der Waals surface area contributed by atoms with Crippen LogP contribution < -0.4 is 4.31 Å². The molecule has 0 saturated heterocycles. The molecule has 128 valence electrons. The van der Waals surface area contributed by atoms with E-state index in [1.807, 2.05) is 0 Å². The molecule has 0 radical (unpaired) electrons. The lowest BCUT2D eigenvalue weighted by Gasteiger charge is -2.24. The van der Waals surface area contributed by atoms with E-state index in [2.05, 4.69) is 0 Å². The topological polar surface area (TPSA) is 80.5 Å². The van der Waals surface area contributed by atoms with Crippen LogP contribution in [0, 0.1) is 21.7 Å². The van der Waals surface area contributed by atoms with Gasteiger partial charge in [-0.3, -0.25) is 14.4 Å².